The number of nitrogens with one attached hydrogen (secondary N) is 1. The number of pyridine rings is 1. The first kappa shape index (κ1) is 9.84. The van der Waals surface area contributed by atoms with E-state index in [1.54, 1.807) is 12.3 Å². The van der Waals surface area contributed by atoms with Gasteiger partial charge in [-0.3, -0.25) is 4.79 Å². The van der Waals surface area contributed by atoms with E-state index in [1.165, 1.54) is 0 Å². The molecule has 0 saturated heterocycles. The molecule has 1 amide bonds. The Morgan fingerprint density at radius 2 is 2.00 bits per heavy atom. The molecule has 3 N–H and O–H groups in total. The molecule has 0 aliphatic carbocycles. The topological polar surface area (TPSA) is 68.0 Å². The number of nitrogens with zero attached hydrogens (tertiary/aromatic N) is 1. The molecule has 0 unspecified atom stereocenters. The van der Waals surface area contributed by atoms with Crippen LogP contribution in [0.2, 0.25) is 0 Å². The van der Waals surface area contributed by atoms with Crippen LogP contribution in [0.4, 0.5) is 11.5 Å². The molecule has 1 aliphatic heterocycles. The molecule has 0 radical (unpaired) electrons. The first-order valence-corrected chi connectivity index (χ1v) is 5.37. The van der Waals surface area contributed by atoms with E-state index in [0.717, 1.165) is 22.4 Å². The maximum Gasteiger partial charge on any atom is 0.228 e. The molecule has 1 aromatic carbocycles. The van der Waals surface area contributed by atoms with Gasteiger partial charge in [0.2, 0.25) is 5.91 Å². The van der Waals surface area contributed by atoms with Crippen LogP contribution < -0.4 is 11.1 Å². The maximum atomic E-state index is 11.3. The number of benzene rings is 1. The normalized spacial score (nSPS) is 13.3. The minimum absolute atomic E-state index is 0.0487. The predicted molar refractivity (Wildman–Crippen MR) is 66.4 cm³/mol. The largest absolute Gasteiger partial charge is 0.384 e. The number of hydrogen-bond donors (Lipinski definition) is 2. The number of aromatic nitrogens is 1. The van der Waals surface area contributed by atoms with Crippen LogP contribution >= 0.6 is 0 Å². The van der Waals surface area contributed by atoms with E-state index in [2.05, 4.69) is 10.3 Å². The summed E-state index contributed by atoms with van der Waals surface area (Å²) in [7, 11) is 0. The van der Waals surface area contributed by atoms with Gasteiger partial charge < -0.3 is 11.1 Å². The molecule has 1 aromatic heterocycles. The molecular weight excluding hydrogens is 214 g/mol. The lowest BCUT2D eigenvalue weighted by atomic mass is 10.0. The molecule has 84 valence electrons. The summed E-state index contributed by atoms with van der Waals surface area (Å²) >= 11 is 0. The lowest BCUT2D eigenvalue weighted by molar-refractivity contribution is -0.115. The number of rotatable bonds is 1. The van der Waals surface area contributed by atoms with Crippen LogP contribution in [0.15, 0.2) is 36.5 Å². The third-order valence-corrected chi connectivity index (χ3v) is 2.85. The summed E-state index contributed by atoms with van der Waals surface area (Å²) in [4.78, 5) is 15.3. The van der Waals surface area contributed by atoms with Crippen molar-refractivity contribution in [3.8, 4) is 11.1 Å². The number of nitrogens with two attached hydrogens (primary N) is 1. The highest BCUT2D eigenvalue weighted by molar-refractivity contribution is 5.99. The van der Waals surface area contributed by atoms with Crippen molar-refractivity contribution in [2.45, 2.75) is 6.42 Å². The lowest BCUT2D eigenvalue weighted by Crippen LogP contribution is -2.03. The molecule has 0 saturated carbocycles. The monoisotopic (exact) mass is 225 g/mol. The van der Waals surface area contributed by atoms with E-state index in [0.29, 0.717) is 12.2 Å². The van der Waals surface area contributed by atoms with Gasteiger partial charge in [0.1, 0.15) is 5.82 Å². The van der Waals surface area contributed by atoms with Gasteiger partial charge >= 0.3 is 0 Å². The Bertz CT molecular complexity index is 590. The van der Waals surface area contributed by atoms with E-state index < -0.39 is 0 Å². The van der Waals surface area contributed by atoms with Crippen LogP contribution in [0.3, 0.4) is 0 Å². The van der Waals surface area contributed by atoms with Gasteiger partial charge in [0.05, 0.1) is 6.42 Å². The zero-order chi connectivity index (χ0) is 11.8. The van der Waals surface area contributed by atoms with Gasteiger partial charge in [-0.25, -0.2) is 4.98 Å². The minimum atomic E-state index is 0.0487. The van der Waals surface area contributed by atoms with Crippen LogP contribution in [-0.4, -0.2) is 10.9 Å². The second kappa shape index (κ2) is 3.59. The minimum Gasteiger partial charge on any atom is -0.384 e. The Balaban J connectivity index is 2.03. The van der Waals surface area contributed by atoms with Crippen LogP contribution in [-0.2, 0) is 11.2 Å². The van der Waals surface area contributed by atoms with E-state index >= 15 is 0 Å². The summed E-state index contributed by atoms with van der Waals surface area (Å²) in [5.74, 6) is 0.552. The van der Waals surface area contributed by atoms with Crippen LogP contribution in [0, 0.1) is 0 Å². The first-order chi connectivity index (χ1) is 8.22. The van der Waals surface area contributed by atoms with Crippen LogP contribution in [0.25, 0.3) is 11.1 Å². The number of fused-ring (bicyclic) bond motifs is 1. The third-order valence-electron chi connectivity index (χ3n) is 2.85. The quantitative estimate of drug-likeness (QED) is 0.777. The van der Waals surface area contributed by atoms with Crippen molar-refractivity contribution in [2.75, 3.05) is 11.1 Å². The summed E-state index contributed by atoms with van der Waals surface area (Å²) in [6.07, 6.45) is 2.20. The smallest absolute Gasteiger partial charge is 0.228 e. The van der Waals surface area contributed by atoms with E-state index in [-0.39, 0.29) is 5.91 Å². The van der Waals surface area contributed by atoms with Crippen molar-refractivity contribution >= 4 is 17.4 Å². The van der Waals surface area contributed by atoms with Gasteiger partial charge in [0.15, 0.2) is 0 Å². The summed E-state index contributed by atoms with van der Waals surface area (Å²) in [5, 5.41) is 2.83. The van der Waals surface area contributed by atoms with Crippen molar-refractivity contribution in [1.82, 2.24) is 4.98 Å². The second-order valence-electron chi connectivity index (χ2n) is 4.07. The van der Waals surface area contributed by atoms with Gasteiger partial charge in [-0.15, -0.1) is 0 Å². The average Bonchev–Trinajstić information content (AvgIpc) is 2.69. The SMILES string of the molecule is Nc1ccc(-c2ccc3c(c2)NC(=O)C3)cn1. The molecular formula is C13H11N3O. The zero-order valence-electron chi connectivity index (χ0n) is 9.10. The van der Waals surface area contributed by atoms with Crippen molar-refractivity contribution in [1.29, 1.82) is 0 Å². The van der Waals surface area contributed by atoms with Crippen molar-refractivity contribution in [3.63, 3.8) is 0 Å². The van der Waals surface area contributed by atoms with E-state index in [9.17, 15) is 4.79 Å². The van der Waals surface area contributed by atoms with Gasteiger partial charge in [-0.05, 0) is 29.3 Å². The first-order valence-electron chi connectivity index (χ1n) is 5.37. The number of amides is 1. The molecule has 17 heavy (non-hydrogen) atoms. The number of hydrogen-bond acceptors (Lipinski definition) is 3. The standard InChI is InChI=1S/C13H11N3O/c14-12-4-3-10(7-15-12)8-1-2-9-6-13(17)16-11(9)5-8/h1-5,7H,6H2,(H2,14,15)(H,16,17). The Morgan fingerprint density at radius 3 is 2.76 bits per heavy atom. The summed E-state index contributed by atoms with van der Waals surface area (Å²) in [6.45, 7) is 0. The highest BCUT2D eigenvalue weighted by Gasteiger charge is 2.17. The molecule has 4 heteroatoms. The molecule has 2 heterocycles. The van der Waals surface area contributed by atoms with Gasteiger partial charge in [-0.2, -0.15) is 0 Å². The highest BCUT2D eigenvalue weighted by Crippen LogP contribution is 2.29. The van der Waals surface area contributed by atoms with Gasteiger partial charge in [-0.1, -0.05) is 12.1 Å². The van der Waals surface area contributed by atoms with Crippen LogP contribution in [0.5, 0.6) is 0 Å². The molecule has 0 bridgehead atoms. The predicted octanol–water partition coefficient (Wildman–Crippen LogP) is 1.83. The Labute approximate surface area is 98.5 Å². The summed E-state index contributed by atoms with van der Waals surface area (Å²) < 4.78 is 0. The fourth-order valence-electron chi connectivity index (χ4n) is 1.97. The lowest BCUT2D eigenvalue weighted by Gasteiger charge is -2.04. The van der Waals surface area contributed by atoms with Crippen molar-refractivity contribution < 1.29 is 4.79 Å². The van der Waals surface area contributed by atoms with Crippen molar-refractivity contribution in [2.24, 2.45) is 0 Å². The van der Waals surface area contributed by atoms with Gasteiger partial charge in [0, 0.05) is 17.4 Å². The second-order valence-corrected chi connectivity index (χ2v) is 4.07. The number of nitrogen functional groups attached to an aromatic ring is 1. The maximum absolute atomic E-state index is 11.3. The van der Waals surface area contributed by atoms with E-state index in [4.69, 9.17) is 5.73 Å². The molecule has 1 aliphatic rings. The van der Waals surface area contributed by atoms with E-state index in [1.807, 2.05) is 24.3 Å². The third kappa shape index (κ3) is 1.73. The molecule has 0 spiro atoms. The van der Waals surface area contributed by atoms with Crippen molar-refractivity contribution in [3.05, 3.63) is 42.1 Å². The molecule has 4 nitrogen and oxygen atoms in total. The highest BCUT2D eigenvalue weighted by atomic mass is 16.1. The molecule has 0 fully saturated rings. The summed E-state index contributed by atoms with van der Waals surface area (Å²) in [6, 6.07) is 9.61. The molecule has 0 atom stereocenters. The zero-order valence-corrected chi connectivity index (χ0v) is 9.10. The number of carbonyl (C=O) groups is 1. The molecule has 2 aromatic rings. The van der Waals surface area contributed by atoms with Crippen LogP contribution in [0.1, 0.15) is 5.56 Å². The fraction of sp³-hybridized carbons (Fsp3) is 0.0769. The number of anilines is 2. The molecule has 3 rings (SSSR count). The fourth-order valence-corrected chi connectivity index (χ4v) is 1.97. The number of carbonyl (C=O) groups excluding carboxylic acids is 1. The Hall–Kier alpha value is -2.36. The average molecular weight is 225 g/mol. The van der Waals surface area contributed by atoms with Gasteiger partial charge in [0.25, 0.3) is 0 Å². The Morgan fingerprint density at radius 1 is 1.18 bits per heavy atom. The Kier molecular flexibility index (Phi) is 2.08. The summed E-state index contributed by atoms with van der Waals surface area (Å²) in [5.41, 5.74) is 9.50.